The molecule has 0 aliphatic heterocycles. The zero-order valence-corrected chi connectivity index (χ0v) is 14.9. The lowest BCUT2D eigenvalue weighted by molar-refractivity contribution is 0.314. The second kappa shape index (κ2) is 12.3. The Hall–Kier alpha value is -0.300. The molecule has 4 heteroatoms. The van der Waals surface area contributed by atoms with Crippen molar-refractivity contribution in [3.8, 4) is 5.75 Å². The van der Waals surface area contributed by atoms with Gasteiger partial charge in [-0.15, -0.1) is 11.6 Å². The number of hydrogen-bond acceptors (Lipinski definition) is 2. The van der Waals surface area contributed by atoms with Gasteiger partial charge in [-0.05, 0) is 31.1 Å². The maximum atomic E-state index is 6.43. The van der Waals surface area contributed by atoms with Crippen molar-refractivity contribution in [1.29, 1.82) is 0 Å². The van der Waals surface area contributed by atoms with Gasteiger partial charge in [-0.1, -0.05) is 44.9 Å². The quantitative estimate of drug-likeness (QED) is 0.278. The van der Waals surface area contributed by atoms with E-state index in [0.717, 1.165) is 31.1 Å². The molecule has 0 aliphatic rings. The third kappa shape index (κ3) is 9.34. The zero-order valence-electron chi connectivity index (χ0n) is 13.3. The van der Waals surface area contributed by atoms with E-state index in [1.807, 2.05) is 30.3 Å². The van der Waals surface area contributed by atoms with Crippen molar-refractivity contribution in [3.05, 3.63) is 30.3 Å². The Morgan fingerprint density at radius 1 is 1.10 bits per heavy atom. The average molecular weight is 331 g/mol. The molecule has 0 aromatic heterocycles. The predicted molar refractivity (Wildman–Crippen MR) is 94.0 cm³/mol. The Labute approximate surface area is 136 Å². The van der Waals surface area contributed by atoms with E-state index >= 15 is 0 Å². The molecule has 0 saturated heterocycles. The van der Waals surface area contributed by atoms with Crippen LogP contribution in [0.4, 0.5) is 0 Å². The first-order valence-corrected chi connectivity index (χ1v) is 10.0. The van der Waals surface area contributed by atoms with Crippen molar-refractivity contribution in [2.75, 3.05) is 25.5 Å². The summed E-state index contributed by atoms with van der Waals surface area (Å²) in [7, 11) is -0.410. The van der Waals surface area contributed by atoms with E-state index in [0.29, 0.717) is 6.61 Å². The molecule has 0 spiro atoms. The van der Waals surface area contributed by atoms with Gasteiger partial charge in [0, 0.05) is 14.3 Å². The number of unbranched alkanes of at least 4 members (excludes halogenated alkanes) is 2. The summed E-state index contributed by atoms with van der Waals surface area (Å²) in [6.45, 7) is 5.83. The van der Waals surface area contributed by atoms with Gasteiger partial charge in [0.2, 0.25) is 0 Å². The SMILES string of the molecule is CCCCOP(CCCC)CC(Cl)COc1ccccc1. The van der Waals surface area contributed by atoms with Crippen LogP contribution in [0, 0.1) is 0 Å². The maximum Gasteiger partial charge on any atom is 0.119 e. The van der Waals surface area contributed by atoms with Crippen molar-refractivity contribution in [2.24, 2.45) is 0 Å². The Morgan fingerprint density at radius 2 is 1.81 bits per heavy atom. The smallest absolute Gasteiger partial charge is 0.119 e. The van der Waals surface area contributed by atoms with E-state index in [9.17, 15) is 0 Å². The summed E-state index contributed by atoms with van der Waals surface area (Å²) >= 11 is 6.43. The molecule has 0 fully saturated rings. The molecule has 1 aromatic carbocycles. The van der Waals surface area contributed by atoms with E-state index in [-0.39, 0.29) is 5.38 Å². The number of rotatable bonds is 12. The fourth-order valence-electron chi connectivity index (χ4n) is 1.86. The molecule has 0 N–H and O–H groups in total. The highest BCUT2D eigenvalue weighted by Crippen LogP contribution is 2.40. The molecule has 0 saturated carbocycles. The standard InChI is InChI=1S/C17H28ClO2P/c1-3-5-12-20-21(13-6-4-2)15-16(18)14-19-17-10-8-7-9-11-17/h7-11,16H,3-6,12-15H2,1-2H3. The average Bonchev–Trinajstić information content (AvgIpc) is 2.51. The van der Waals surface area contributed by atoms with Crippen LogP contribution in [0.15, 0.2) is 30.3 Å². The van der Waals surface area contributed by atoms with Gasteiger partial charge in [0.1, 0.15) is 12.4 Å². The zero-order chi connectivity index (χ0) is 15.3. The van der Waals surface area contributed by atoms with Gasteiger partial charge in [0.05, 0.1) is 12.0 Å². The van der Waals surface area contributed by atoms with E-state index in [4.69, 9.17) is 20.9 Å². The van der Waals surface area contributed by atoms with Crippen molar-refractivity contribution in [2.45, 2.75) is 44.9 Å². The van der Waals surface area contributed by atoms with Crippen LogP contribution in [-0.2, 0) is 4.52 Å². The van der Waals surface area contributed by atoms with Gasteiger partial charge in [-0.3, -0.25) is 0 Å². The van der Waals surface area contributed by atoms with Gasteiger partial charge in [0.15, 0.2) is 0 Å². The first kappa shape index (κ1) is 18.7. The molecule has 1 aromatic rings. The van der Waals surface area contributed by atoms with Crippen molar-refractivity contribution < 1.29 is 9.26 Å². The lowest BCUT2D eigenvalue weighted by Crippen LogP contribution is -2.16. The minimum Gasteiger partial charge on any atom is -0.492 e. The van der Waals surface area contributed by atoms with E-state index in [2.05, 4.69) is 13.8 Å². The second-order valence-electron chi connectivity index (χ2n) is 5.15. The van der Waals surface area contributed by atoms with E-state index in [1.165, 1.54) is 19.3 Å². The highest BCUT2D eigenvalue weighted by atomic mass is 35.5. The first-order valence-electron chi connectivity index (χ1n) is 7.96. The van der Waals surface area contributed by atoms with Crippen LogP contribution in [0.25, 0.3) is 0 Å². The fourth-order valence-corrected chi connectivity index (χ4v) is 4.40. The largest absolute Gasteiger partial charge is 0.492 e. The lowest BCUT2D eigenvalue weighted by Gasteiger charge is -2.20. The number of para-hydroxylation sites is 1. The van der Waals surface area contributed by atoms with Crippen LogP contribution in [0.3, 0.4) is 0 Å². The highest BCUT2D eigenvalue weighted by molar-refractivity contribution is 7.52. The Balaban J connectivity index is 2.30. The highest BCUT2D eigenvalue weighted by Gasteiger charge is 2.15. The third-order valence-corrected chi connectivity index (χ3v) is 5.81. The van der Waals surface area contributed by atoms with Gasteiger partial charge in [-0.2, -0.15) is 0 Å². The van der Waals surface area contributed by atoms with Gasteiger partial charge in [-0.25, -0.2) is 0 Å². The lowest BCUT2D eigenvalue weighted by atomic mass is 10.3. The van der Waals surface area contributed by atoms with Crippen LogP contribution in [0.2, 0.25) is 0 Å². The molecule has 2 atom stereocenters. The van der Waals surface area contributed by atoms with Crippen LogP contribution in [0.5, 0.6) is 5.75 Å². The van der Waals surface area contributed by atoms with Crippen molar-refractivity contribution >= 4 is 19.7 Å². The predicted octanol–water partition coefficient (Wildman–Crippen LogP) is 5.69. The Bertz CT molecular complexity index is 348. The summed E-state index contributed by atoms with van der Waals surface area (Å²) < 4.78 is 11.8. The summed E-state index contributed by atoms with van der Waals surface area (Å²) in [4.78, 5) is 0. The number of benzene rings is 1. The molecule has 0 radical (unpaired) electrons. The molecular weight excluding hydrogens is 303 g/mol. The number of hydrogen-bond donors (Lipinski definition) is 0. The summed E-state index contributed by atoms with van der Waals surface area (Å²) in [6.07, 6.45) is 6.83. The summed E-state index contributed by atoms with van der Waals surface area (Å²) in [5.74, 6) is 0.882. The molecule has 0 aliphatic carbocycles. The van der Waals surface area contributed by atoms with Gasteiger partial charge >= 0.3 is 0 Å². The Morgan fingerprint density at radius 3 is 2.48 bits per heavy atom. The summed E-state index contributed by atoms with van der Waals surface area (Å²) in [5.41, 5.74) is 0. The molecule has 2 unspecified atom stereocenters. The number of alkyl halides is 1. The number of ether oxygens (including phenoxy) is 1. The van der Waals surface area contributed by atoms with Crippen molar-refractivity contribution in [3.63, 3.8) is 0 Å². The third-order valence-electron chi connectivity index (χ3n) is 3.11. The second-order valence-corrected chi connectivity index (χ2v) is 7.80. The molecule has 1 rings (SSSR count). The minimum atomic E-state index is -0.410. The molecule has 2 nitrogen and oxygen atoms in total. The van der Waals surface area contributed by atoms with Crippen LogP contribution in [0.1, 0.15) is 39.5 Å². The first-order chi connectivity index (χ1) is 10.3. The summed E-state index contributed by atoms with van der Waals surface area (Å²) in [5, 5.41) is 0.0230. The number of halogens is 1. The van der Waals surface area contributed by atoms with Crippen LogP contribution >= 0.6 is 19.7 Å². The molecule has 21 heavy (non-hydrogen) atoms. The van der Waals surface area contributed by atoms with Crippen LogP contribution in [-0.4, -0.2) is 30.9 Å². The molecule has 0 amide bonds. The maximum absolute atomic E-state index is 6.43. The Kier molecular flexibility index (Phi) is 10.9. The van der Waals surface area contributed by atoms with Gasteiger partial charge in [0.25, 0.3) is 0 Å². The van der Waals surface area contributed by atoms with Crippen molar-refractivity contribution in [1.82, 2.24) is 0 Å². The van der Waals surface area contributed by atoms with Gasteiger partial charge < -0.3 is 9.26 Å². The topological polar surface area (TPSA) is 18.5 Å². The molecule has 120 valence electrons. The fraction of sp³-hybridized carbons (Fsp3) is 0.647. The molecule has 0 heterocycles. The monoisotopic (exact) mass is 330 g/mol. The van der Waals surface area contributed by atoms with E-state index in [1.54, 1.807) is 0 Å². The molecular formula is C17H28ClO2P. The van der Waals surface area contributed by atoms with Crippen LogP contribution < -0.4 is 4.74 Å². The summed E-state index contributed by atoms with van der Waals surface area (Å²) in [6, 6.07) is 9.85. The van der Waals surface area contributed by atoms with E-state index < -0.39 is 8.15 Å². The molecule has 0 bridgehead atoms. The normalized spacial score (nSPS) is 13.9. The minimum absolute atomic E-state index is 0.0230.